The molecule has 27 heavy (non-hydrogen) atoms. The second kappa shape index (κ2) is 5.80. The Bertz CT molecular complexity index is 922. The second-order valence-corrected chi connectivity index (χ2v) is 8.11. The van der Waals surface area contributed by atoms with Gasteiger partial charge in [0.05, 0.1) is 5.70 Å². The third-order valence-corrected chi connectivity index (χ3v) is 6.23. The van der Waals surface area contributed by atoms with Gasteiger partial charge in [0.1, 0.15) is 4.91 Å². The summed E-state index contributed by atoms with van der Waals surface area (Å²) in [5, 5.41) is 3.31. The Morgan fingerprint density at radius 3 is 2.33 bits per heavy atom. The number of allylic oxidation sites excluding steroid dienone is 7. The predicted molar refractivity (Wildman–Crippen MR) is 90.3 cm³/mol. The molecule has 4 rings (SSSR count). The topological polar surface area (TPSA) is 17.8 Å². The van der Waals surface area contributed by atoms with Crippen LogP contribution < -0.4 is 0 Å². The van der Waals surface area contributed by atoms with Gasteiger partial charge in [-0.1, -0.05) is 24.8 Å². The lowest BCUT2D eigenvalue weighted by Crippen LogP contribution is -2.18. The lowest BCUT2D eigenvalue weighted by Gasteiger charge is -2.27. The Kier molecular flexibility index (Phi) is 3.96. The van der Waals surface area contributed by atoms with Crippen LogP contribution in [0.25, 0.3) is 5.70 Å². The van der Waals surface area contributed by atoms with Crippen LogP contribution in [0.5, 0.6) is 0 Å². The SMILES string of the molecule is CC1(C2=CCC3=CC(n4ccc(C(F)(F)F)n4)=C(C(F)(F)F)SC3=C2)CC1. The molecule has 0 aromatic carbocycles. The molecule has 2 aliphatic carbocycles. The van der Waals surface area contributed by atoms with Crippen molar-refractivity contribution in [2.45, 2.75) is 38.5 Å². The van der Waals surface area contributed by atoms with Crippen molar-refractivity contribution in [1.29, 1.82) is 0 Å². The molecule has 3 aliphatic rings. The summed E-state index contributed by atoms with van der Waals surface area (Å²) in [5.41, 5.74) is 0.106. The van der Waals surface area contributed by atoms with Gasteiger partial charge >= 0.3 is 12.4 Å². The van der Waals surface area contributed by atoms with Crippen molar-refractivity contribution in [1.82, 2.24) is 9.78 Å². The van der Waals surface area contributed by atoms with Crippen molar-refractivity contribution < 1.29 is 26.3 Å². The van der Waals surface area contributed by atoms with Gasteiger partial charge in [0, 0.05) is 11.1 Å². The average molecular weight is 404 g/mol. The molecule has 2 nitrogen and oxygen atoms in total. The number of thioether (sulfide) groups is 1. The molecule has 0 amide bonds. The third-order valence-electron chi connectivity index (χ3n) is 4.98. The fraction of sp³-hybridized carbons (Fsp3) is 0.389. The lowest BCUT2D eigenvalue weighted by molar-refractivity contribution is -0.141. The van der Waals surface area contributed by atoms with Crippen molar-refractivity contribution in [3.63, 3.8) is 0 Å². The van der Waals surface area contributed by atoms with Gasteiger partial charge in [-0.3, -0.25) is 0 Å². The number of nitrogens with zero attached hydrogens (tertiary/aromatic N) is 2. The lowest BCUT2D eigenvalue weighted by atomic mass is 9.90. The minimum Gasteiger partial charge on any atom is -0.239 e. The van der Waals surface area contributed by atoms with Gasteiger partial charge in [0.25, 0.3) is 0 Å². The standard InChI is InChI=1S/C18H14F6N2S/c1-16(5-6-16)11-3-2-10-8-12(15(18(22,23)24)27-13(10)9-11)26-7-4-14(25-26)17(19,20)21/h3-4,7-9H,2,5-6H2,1H3. The van der Waals surface area contributed by atoms with E-state index in [1.807, 2.05) is 6.08 Å². The van der Waals surface area contributed by atoms with Crippen LogP contribution in [0.2, 0.25) is 0 Å². The minimum absolute atomic E-state index is 0.0328. The molecule has 0 unspecified atom stereocenters. The molecule has 0 radical (unpaired) electrons. The molecule has 2 heterocycles. The Hall–Kier alpha value is -1.90. The largest absolute Gasteiger partial charge is 0.435 e. The van der Waals surface area contributed by atoms with E-state index in [4.69, 9.17) is 0 Å². The molecule has 0 N–H and O–H groups in total. The summed E-state index contributed by atoms with van der Waals surface area (Å²) >= 11 is 0.554. The molecule has 9 heteroatoms. The maximum Gasteiger partial charge on any atom is 0.435 e. The van der Waals surface area contributed by atoms with E-state index in [-0.39, 0.29) is 11.1 Å². The zero-order valence-corrected chi connectivity index (χ0v) is 14.9. The number of halogens is 6. The molecule has 1 aromatic rings. The van der Waals surface area contributed by atoms with Crippen LogP contribution in [-0.2, 0) is 6.18 Å². The predicted octanol–water partition coefficient (Wildman–Crippen LogP) is 6.32. The van der Waals surface area contributed by atoms with Crippen molar-refractivity contribution in [3.05, 3.63) is 57.1 Å². The molecular weight excluding hydrogens is 390 g/mol. The zero-order valence-electron chi connectivity index (χ0n) is 14.1. The highest BCUT2D eigenvalue weighted by molar-refractivity contribution is 8.07. The molecule has 1 aliphatic heterocycles. The van der Waals surface area contributed by atoms with Crippen LogP contribution in [0.1, 0.15) is 31.9 Å². The number of hydrogen-bond donors (Lipinski definition) is 0. The van der Waals surface area contributed by atoms with Gasteiger partial charge < -0.3 is 0 Å². The molecule has 144 valence electrons. The van der Waals surface area contributed by atoms with Gasteiger partial charge in [-0.05, 0) is 54.0 Å². The van der Waals surface area contributed by atoms with Crippen molar-refractivity contribution in [2.75, 3.05) is 0 Å². The van der Waals surface area contributed by atoms with E-state index in [1.165, 1.54) is 6.08 Å². The maximum absolute atomic E-state index is 13.6. The molecule has 0 bridgehead atoms. The number of alkyl halides is 6. The van der Waals surface area contributed by atoms with Crippen LogP contribution in [0.3, 0.4) is 0 Å². The molecule has 1 fully saturated rings. The monoisotopic (exact) mass is 404 g/mol. The zero-order chi connectivity index (χ0) is 19.6. The van der Waals surface area contributed by atoms with Gasteiger partial charge in [-0.15, -0.1) is 0 Å². The average Bonchev–Trinajstić information content (AvgIpc) is 3.12. The smallest absolute Gasteiger partial charge is 0.239 e. The van der Waals surface area contributed by atoms with Crippen LogP contribution >= 0.6 is 11.8 Å². The van der Waals surface area contributed by atoms with E-state index >= 15 is 0 Å². The van der Waals surface area contributed by atoms with Crippen LogP contribution in [0.4, 0.5) is 26.3 Å². The summed E-state index contributed by atoms with van der Waals surface area (Å²) in [6.07, 6.45) is -0.980. The summed E-state index contributed by atoms with van der Waals surface area (Å²) < 4.78 is 79.8. The minimum atomic E-state index is -4.72. The van der Waals surface area contributed by atoms with Crippen LogP contribution in [0.15, 0.2) is 51.4 Å². The van der Waals surface area contributed by atoms with Gasteiger partial charge in [-0.25, -0.2) is 4.68 Å². The number of rotatable bonds is 2. The quantitative estimate of drug-likeness (QED) is 0.537. The van der Waals surface area contributed by atoms with Crippen molar-refractivity contribution in [3.8, 4) is 0 Å². The molecule has 1 saturated carbocycles. The summed E-state index contributed by atoms with van der Waals surface area (Å²) in [4.78, 5) is -0.462. The fourth-order valence-corrected chi connectivity index (χ4v) is 4.16. The summed E-state index contributed by atoms with van der Waals surface area (Å²) in [6, 6.07) is 0.669. The van der Waals surface area contributed by atoms with Gasteiger partial charge in [0.15, 0.2) is 5.69 Å². The van der Waals surface area contributed by atoms with E-state index in [9.17, 15) is 26.3 Å². The van der Waals surface area contributed by atoms with Crippen LogP contribution in [-0.4, -0.2) is 16.0 Å². The van der Waals surface area contributed by atoms with E-state index in [0.29, 0.717) is 39.4 Å². The van der Waals surface area contributed by atoms with Crippen LogP contribution in [0, 0.1) is 5.41 Å². The first-order valence-electron chi connectivity index (χ1n) is 8.23. The normalized spacial score (nSPS) is 22.1. The fourth-order valence-electron chi connectivity index (χ4n) is 3.11. The summed E-state index contributed by atoms with van der Waals surface area (Å²) in [5.74, 6) is 0. The van der Waals surface area contributed by atoms with E-state index in [0.717, 1.165) is 24.6 Å². The molecule has 0 spiro atoms. The number of hydrogen-bond acceptors (Lipinski definition) is 2. The third kappa shape index (κ3) is 3.37. The van der Waals surface area contributed by atoms with E-state index in [2.05, 4.69) is 12.0 Å². The highest BCUT2D eigenvalue weighted by Gasteiger charge is 2.44. The highest BCUT2D eigenvalue weighted by atomic mass is 32.2. The van der Waals surface area contributed by atoms with Gasteiger partial charge in [0.2, 0.25) is 0 Å². The van der Waals surface area contributed by atoms with E-state index < -0.39 is 23.0 Å². The van der Waals surface area contributed by atoms with Gasteiger partial charge in [-0.2, -0.15) is 31.4 Å². The Morgan fingerprint density at radius 2 is 1.78 bits per heavy atom. The molecule has 0 atom stereocenters. The first-order valence-corrected chi connectivity index (χ1v) is 9.05. The number of aromatic nitrogens is 2. The number of fused-ring (bicyclic) bond motifs is 1. The molecule has 1 aromatic heterocycles. The summed E-state index contributed by atoms with van der Waals surface area (Å²) in [6.45, 7) is 2.08. The summed E-state index contributed by atoms with van der Waals surface area (Å²) in [7, 11) is 0. The second-order valence-electron chi connectivity index (χ2n) is 7.06. The van der Waals surface area contributed by atoms with Crippen molar-refractivity contribution >= 4 is 17.5 Å². The highest BCUT2D eigenvalue weighted by Crippen LogP contribution is 2.56. The Labute approximate surface area is 155 Å². The first kappa shape index (κ1) is 18.5. The Morgan fingerprint density at radius 1 is 1.07 bits per heavy atom. The molecular formula is C18H14F6N2S. The Balaban J connectivity index is 1.76. The maximum atomic E-state index is 13.6. The molecule has 0 saturated heterocycles. The van der Waals surface area contributed by atoms with Crippen molar-refractivity contribution in [2.24, 2.45) is 5.41 Å². The van der Waals surface area contributed by atoms with E-state index in [1.54, 1.807) is 6.08 Å². The first-order chi connectivity index (χ1) is 12.5.